The van der Waals surface area contributed by atoms with Crippen molar-refractivity contribution in [1.82, 2.24) is 10.6 Å². The summed E-state index contributed by atoms with van der Waals surface area (Å²) in [5, 5.41) is 5.61. The average Bonchev–Trinajstić information content (AvgIpc) is 2.60. The minimum absolute atomic E-state index is 0.0182. The summed E-state index contributed by atoms with van der Waals surface area (Å²) in [7, 11) is 0. The summed E-state index contributed by atoms with van der Waals surface area (Å²) in [5.41, 5.74) is 0.301. The second-order valence-corrected chi connectivity index (χ2v) is 7.03. The van der Waals surface area contributed by atoms with Crippen LogP contribution in [0.4, 0.5) is 13.2 Å². The van der Waals surface area contributed by atoms with Crippen molar-refractivity contribution in [3.63, 3.8) is 0 Å². The van der Waals surface area contributed by atoms with Crippen LogP contribution in [0.25, 0.3) is 0 Å². The van der Waals surface area contributed by atoms with E-state index in [4.69, 9.17) is 23.2 Å². The standard InChI is InChI=1S/C17H19Cl2F3N2O2/c18-13-6-5-10(9-14(13)19)15(25)23-7-8-24-16(26)11-3-1-2-4-12(11)17(20,21)22/h5-6,9,11-12H,1-4,7-8H2,(H,23,25)(H,24,26). The van der Waals surface area contributed by atoms with Crippen LogP contribution in [0.1, 0.15) is 36.0 Å². The first kappa shape index (κ1) is 20.8. The second kappa shape index (κ2) is 8.95. The molecule has 9 heteroatoms. The molecule has 0 spiro atoms. The Morgan fingerprint density at radius 1 is 1.04 bits per heavy atom. The van der Waals surface area contributed by atoms with Crippen molar-refractivity contribution in [2.45, 2.75) is 31.9 Å². The number of hydrogen-bond donors (Lipinski definition) is 2. The number of hydrogen-bond acceptors (Lipinski definition) is 2. The van der Waals surface area contributed by atoms with E-state index in [0.29, 0.717) is 23.4 Å². The number of nitrogens with one attached hydrogen (secondary N) is 2. The third kappa shape index (κ3) is 5.51. The molecule has 0 heterocycles. The number of amides is 2. The Labute approximate surface area is 159 Å². The number of alkyl halides is 3. The highest BCUT2D eigenvalue weighted by molar-refractivity contribution is 6.42. The third-order valence-electron chi connectivity index (χ3n) is 4.41. The van der Waals surface area contributed by atoms with Gasteiger partial charge < -0.3 is 10.6 Å². The van der Waals surface area contributed by atoms with Gasteiger partial charge in [-0.05, 0) is 31.0 Å². The molecule has 1 aromatic carbocycles. The van der Waals surface area contributed by atoms with Crippen LogP contribution in [0, 0.1) is 11.8 Å². The van der Waals surface area contributed by atoms with Gasteiger partial charge >= 0.3 is 6.18 Å². The lowest BCUT2D eigenvalue weighted by Gasteiger charge is -2.32. The molecule has 4 nitrogen and oxygen atoms in total. The molecule has 0 aromatic heterocycles. The summed E-state index contributed by atoms with van der Waals surface area (Å²) in [6.45, 7) is 0.140. The summed E-state index contributed by atoms with van der Waals surface area (Å²) in [5.74, 6) is -3.68. The number of rotatable bonds is 5. The van der Waals surface area contributed by atoms with Crippen molar-refractivity contribution in [3.8, 4) is 0 Å². The number of carbonyl (C=O) groups is 2. The van der Waals surface area contributed by atoms with Gasteiger partial charge in [-0.25, -0.2) is 0 Å². The van der Waals surface area contributed by atoms with E-state index in [1.807, 2.05) is 0 Å². The highest BCUT2D eigenvalue weighted by atomic mass is 35.5. The van der Waals surface area contributed by atoms with Gasteiger partial charge in [0.05, 0.1) is 16.0 Å². The third-order valence-corrected chi connectivity index (χ3v) is 5.15. The lowest BCUT2D eigenvalue weighted by atomic mass is 9.78. The highest BCUT2D eigenvalue weighted by Gasteiger charge is 2.47. The van der Waals surface area contributed by atoms with Crippen LogP contribution in [0.5, 0.6) is 0 Å². The molecule has 26 heavy (non-hydrogen) atoms. The van der Waals surface area contributed by atoms with Crippen LogP contribution in [-0.2, 0) is 4.79 Å². The lowest BCUT2D eigenvalue weighted by Crippen LogP contribution is -2.44. The summed E-state index contributed by atoms with van der Waals surface area (Å²) >= 11 is 11.6. The Morgan fingerprint density at radius 3 is 2.35 bits per heavy atom. The highest BCUT2D eigenvalue weighted by Crippen LogP contribution is 2.41. The van der Waals surface area contributed by atoms with Crippen LogP contribution in [0.3, 0.4) is 0 Å². The first-order chi connectivity index (χ1) is 12.2. The molecule has 1 aromatic rings. The van der Waals surface area contributed by atoms with Gasteiger partial charge in [-0.15, -0.1) is 0 Å². The van der Waals surface area contributed by atoms with Crippen molar-refractivity contribution in [3.05, 3.63) is 33.8 Å². The molecule has 1 fully saturated rings. The molecule has 1 aliphatic rings. The zero-order valence-electron chi connectivity index (χ0n) is 13.8. The largest absolute Gasteiger partial charge is 0.392 e. The summed E-state index contributed by atoms with van der Waals surface area (Å²) in [6, 6.07) is 4.40. The van der Waals surface area contributed by atoms with Gasteiger partial charge in [0.2, 0.25) is 5.91 Å². The fourth-order valence-electron chi connectivity index (χ4n) is 3.07. The first-order valence-corrected chi connectivity index (χ1v) is 9.03. The normalized spacial score (nSPS) is 20.5. The molecular weight excluding hydrogens is 392 g/mol. The molecule has 2 atom stereocenters. The molecule has 0 aliphatic heterocycles. The predicted octanol–water partition coefficient (Wildman–Crippen LogP) is 4.21. The molecule has 144 valence electrons. The molecule has 1 saturated carbocycles. The first-order valence-electron chi connectivity index (χ1n) is 8.28. The van der Waals surface area contributed by atoms with Crippen LogP contribution < -0.4 is 10.6 Å². The molecule has 0 saturated heterocycles. The Morgan fingerprint density at radius 2 is 1.69 bits per heavy atom. The topological polar surface area (TPSA) is 58.2 Å². The Balaban J connectivity index is 1.80. The average molecular weight is 411 g/mol. The van der Waals surface area contributed by atoms with E-state index >= 15 is 0 Å². The van der Waals surface area contributed by atoms with Gasteiger partial charge in [0, 0.05) is 24.6 Å². The van der Waals surface area contributed by atoms with Crippen molar-refractivity contribution in [1.29, 1.82) is 0 Å². The molecule has 0 bridgehead atoms. The summed E-state index contributed by atoms with van der Waals surface area (Å²) < 4.78 is 39.1. The fourth-order valence-corrected chi connectivity index (χ4v) is 3.37. The maximum atomic E-state index is 13.0. The van der Waals surface area contributed by atoms with E-state index in [1.165, 1.54) is 18.2 Å². The molecule has 2 rings (SSSR count). The molecule has 2 amide bonds. The van der Waals surface area contributed by atoms with Gasteiger partial charge in [-0.1, -0.05) is 36.0 Å². The van der Waals surface area contributed by atoms with E-state index in [9.17, 15) is 22.8 Å². The van der Waals surface area contributed by atoms with Gasteiger partial charge in [-0.2, -0.15) is 13.2 Å². The minimum Gasteiger partial charge on any atom is -0.354 e. The van der Waals surface area contributed by atoms with Crippen LogP contribution >= 0.6 is 23.2 Å². The number of carbonyl (C=O) groups excluding carboxylic acids is 2. The smallest absolute Gasteiger partial charge is 0.354 e. The van der Waals surface area contributed by atoms with Crippen LogP contribution in [-0.4, -0.2) is 31.1 Å². The maximum absolute atomic E-state index is 13.0. The Bertz CT molecular complexity index is 668. The van der Waals surface area contributed by atoms with Gasteiger partial charge in [0.1, 0.15) is 0 Å². The zero-order chi connectivity index (χ0) is 19.3. The lowest BCUT2D eigenvalue weighted by molar-refractivity contribution is -0.198. The predicted molar refractivity (Wildman–Crippen MR) is 93.3 cm³/mol. The molecule has 0 radical (unpaired) electrons. The second-order valence-electron chi connectivity index (χ2n) is 6.21. The molecule has 1 aliphatic carbocycles. The quantitative estimate of drug-likeness (QED) is 0.714. The van der Waals surface area contributed by atoms with Gasteiger partial charge in [0.25, 0.3) is 5.91 Å². The fraction of sp³-hybridized carbons (Fsp3) is 0.529. The Hall–Kier alpha value is -1.47. The molecule has 2 unspecified atom stereocenters. The van der Waals surface area contributed by atoms with Crippen LogP contribution in [0.15, 0.2) is 18.2 Å². The van der Waals surface area contributed by atoms with E-state index in [2.05, 4.69) is 10.6 Å². The van der Waals surface area contributed by atoms with Gasteiger partial charge in [-0.3, -0.25) is 9.59 Å². The molecule has 2 N–H and O–H groups in total. The summed E-state index contributed by atoms with van der Waals surface area (Å²) in [4.78, 5) is 24.1. The zero-order valence-corrected chi connectivity index (χ0v) is 15.3. The number of halogens is 5. The van der Waals surface area contributed by atoms with Crippen molar-refractivity contribution in [2.75, 3.05) is 13.1 Å². The van der Waals surface area contributed by atoms with Crippen molar-refractivity contribution in [2.24, 2.45) is 11.8 Å². The van der Waals surface area contributed by atoms with E-state index < -0.39 is 29.8 Å². The van der Waals surface area contributed by atoms with Crippen molar-refractivity contribution < 1.29 is 22.8 Å². The van der Waals surface area contributed by atoms with E-state index in [-0.39, 0.29) is 31.0 Å². The van der Waals surface area contributed by atoms with Gasteiger partial charge in [0.15, 0.2) is 0 Å². The SMILES string of the molecule is O=C(NCCNC(=O)C1CCCCC1C(F)(F)F)c1ccc(Cl)c(Cl)c1. The maximum Gasteiger partial charge on any atom is 0.392 e. The Kier molecular flexibility index (Phi) is 7.17. The molecular formula is C17H19Cl2F3N2O2. The van der Waals surface area contributed by atoms with E-state index in [0.717, 1.165) is 0 Å². The van der Waals surface area contributed by atoms with E-state index in [1.54, 1.807) is 0 Å². The summed E-state index contributed by atoms with van der Waals surface area (Å²) in [6.07, 6.45) is -3.07. The minimum atomic E-state index is -4.37. The monoisotopic (exact) mass is 410 g/mol. The number of benzene rings is 1. The van der Waals surface area contributed by atoms with Crippen molar-refractivity contribution >= 4 is 35.0 Å². The van der Waals surface area contributed by atoms with Crippen LogP contribution in [0.2, 0.25) is 10.0 Å².